The van der Waals surface area contributed by atoms with E-state index in [9.17, 15) is 9.90 Å². The highest BCUT2D eigenvalue weighted by Gasteiger charge is 2.23. The molecule has 0 spiro atoms. The lowest BCUT2D eigenvalue weighted by Gasteiger charge is -2.12. The summed E-state index contributed by atoms with van der Waals surface area (Å²) in [6, 6.07) is 9.96. The first-order valence-corrected chi connectivity index (χ1v) is 8.34. The van der Waals surface area contributed by atoms with Gasteiger partial charge in [-0.1, -0.05) is 41.9 Å². The molecule has 1 saturated heterocycles. The van der Waals surface area contributed by atoms with Crippen molar-refractivity contribution in [2.24, 2.45) is 0 Å². The smallest absolute Gasteiger partial charge is 0.246 e. The largest absolute Gasteiger partial charge is 0.391 e. The Labute approximate surface area is 146 Å². The van der Waals surface area contributed by atoms with Gasteiger partial charge in [-0.15, -0.1) is 0 Å². The first-order valence-electron chi connectivity index (χ1n) is 7.96. The zero-order valence-corrected chi connectivity index (χ0v) is 14.3. The molecule has 1 amide bonds. The van der Waals surface area contributed by atoms with Crippen LogP contribution in [0.3, 0.4) is 0 Å². The molecule has 0 unspecified atom stereocenters. The monoisotopic (exact) mass is 345 g/mol. The van der Waals surface area contributed by atoms with E-state index < -0.39 is 6.10 Å². The Morgan fingerprint density at radius 3 is 2.83 bits per heavy atom. The maximum absolute atomic E-state index is 12.1. The van der Waals surface area contributed by atoms with Crippen molar-refractivity contribution in [2.45, 2.75) is 26.0 Å². The molecule has 1 N–H and O–H groups in total. The molecule has 6 heteroatoms. The second-order valence-corrected chi connectivity index (χ2v) is 6.35. The van der Waals surface area contributed by atoms with Crippen LogP contribution in [0.2, 0.25) is 5.15 Å². The van der Waals surface area contributed by atoms with Gasteiger partial charge in [-0.05, 0) is 25.0 Å². The van der Waals surface area contributed by atoms with Gasteiger partial charge in [-0.25, -0.2) is 4.68 Å². The minimum Gasteiger partial charge on any atom is -0.391 e. The molecule has 0 saturated carbocycles. The normalized spacial score (nSPS) is 17.8. The van der Waals surface area contributed by atoms with Crippen molar-refractivity contribution >= 4 is 23.6 Å². The summed E-state index contributed by atoms with van der Waals surface area (Å²) in [5.74, 6) is -0.113. The SMILES string of the molecule is Cc1nn(Cc2ccccc2)c(Cl)c1C=CC(=O)N1CC[C@@H](O)C1. The third kappa shape index (κ3) is 3.68. The number of aromatic nitrogens is 2. The zero-order chi connectivity index (χ0) is 17.1. The topological polar surface area (TPSA) is 58.4 Å². The van der Waals surface area contributed by atoms with Gasteiger partial charge in [-0.3, -0.25) is 4.79 Å². The highest BCUT2D eigenvalue weighted by Crippen LogP contribution is 2.22. The van der Waals surface area contributed by atoms with Crippen molar-refractivity contribution < 1.29 is 9.90 Å². The fourth-order valence-corrected chi connectivity index (χ4v) is 3.12. The number of aliphatic hydroxyl groups is 1. The summed E-state index contributed by atoms with van der Waals surface area (Å²) in [4.78, 5) is 13.8. The van der Waals surface area contributed by atoms with Crippen molar-refractivity contribution in [3.05, 3.63) is 58.4 Å². The van der Waals surface area contributed by atoms with Gasteiger partial charge < -0.3 is 10.0 Å². The summed E-state index contributed by atoms with van der Waals surface area (Å²) in [5, 5.41) is 14.5. The number of hydrogen-bond acceptors (Lipinski definition) is 3. The van der Waals surface area contributed by atoms with Crippen LogP contribution in [0.4, 0.5) is 0 Å². The van der Waals surface area contributed by atoms with E-state index in [1.54, 1.807) is 15.7 Å². The van der Waals surface area contributed by atoms with Gasteiger partial charge in [-0.2, -0.15) is 5.10 Å². The number of aliphatic hydroxyl groups excluding tert-OH is 1. The molecule has 1 aliphatic rings. The Morgan fingerprint density at radius 1 is 1.42 bits per heavy atom. The van der Waals surface area contributed by atoms with E-state index in [-0.39, 0.29) is 5.91 Å². The lowest BCUT2D eigenvalue weighted by molar-refractivity contribution is -0.125. The number of carbonyl (C=O) groups excluding carboxylic acids is 1. The van der Waals surface area contributed by atoms with Crippen molar-refractivity contribution in [3.8, 4) is 0 Å². The molecule has 1 fully saturated rings. The van der Waals surface area contributed by atoms with Gasteiger partial charge in [0.15, 0.2) is 0 Å². The van der Waals surface area contributed by atoms with Crippen LogP contribution in [0.25, 0.3) is 6.08 Å². The van der Waals surface area contributed by atoms with E-state index >= 15 is 0 Å². The summed E-state index contributed by atoms with van der Waals surface area (Å²) < 4.78 is 1.73. The Kier molecular flexibility index (Phi) is 5.02. The number of carbonyl (C=O) groups is 1. The Morgan fingerprint density at radius 2 is 2.17 bits per heavy atom. The predicted octanol–water partition coefficient (Wildman–Crippen LogP) is 2.50. The van der Waals surface area contributed by atoms with E-state index in [4.69, 9.17) is 11.6 Å². The average Bonchev–Trinajstić information content (AvgIpc) is 3.11. The zero-order valence-electron chi connectivity index (χ0n) is 13.5. The molecule has 0 bridgehead atoms. The molecule has 0 aliphatic carbocycles. The summed E-state index contributed by atoms with van der Waals surface area (Å²) in [6.45, 7) is 3.44. The molecule has 1 aliphatic heterocycles. The molecule has 2 aromatic rings. The minimum absolute atomic E-state index is 0.113. The number of halogens is 1. The second-order valence-electron chi connectivity index (χ2n) is 5.99. The van der Waals surface area contributed by atoms with Crippen molar-refractivity contribution in [2.75, 3.05) is 13.1 Å². The van der Waals surface area contributed by atoms with Gasteiger partial charge in [0.1, 0.15) is 5.15 Å². The number of β-amino-alcohol motifs (C(OH)–C–C–N with tert-alkyl or cyclic N) is 1. The molecule has 0 radical (unpaired) electrons. The first-order chi connectivity index (χ1) is 11.5. The van der Waals surface area contributed by atoms with E-state index in [0.717, 1.165) is 16.8 Å². The van der Waals surface area contributed by atoms with Crippen LogP contribution in [0, 0.1) is 6.92 Å². The second kappa shape index (κ2) is 7.20. The summed E-state index contributed by atoms with van der Waals surface area (Å²) >= 11 is 6.43. The van der Waals surface area contributed by atoms with Gasteiger partial charge in [0.2, 0.25) is 5.91 Å². The highest BCUT2D eigenvalue weighted by atomic mass is 35.5. The molecule has 24 heavy (non-hydrogen) atoms. The molecular weight excluding hydrogens is 326 g/mol. The molecular formula is C18H20ClN3O2. The van der Waals surface area contributed by atoms with Crippen molar-refractivity contribution in [1.29, 1.82) is 0 Å². The van der Waals surface area contributed by atoms with Crippen LogP contribution in [0.5, 0.6) is 0 Å². The maximum Gasteiger partial charge on any atom is 0.246 e. The van der Waals surface area contributed by atoms with Crippen LogP contribution in [-0.4, -0.2) is 44.9 Å². The van der Waals surface area contributed by atoms with Gasteiger partial charge in [0, 0.05) is 24.7 Å². The van der Waals surface area contributed by atoms with Gasteiger partial charge in [0.05, 0.1) is 18.3 Å². The molecule has 126 valence electrons. The summed E-state index contributed by atoms with van der Waals surface area (Å²) in [6.07, 6.45) is 3.43. The maximum atomic E-state index is 12.1. The minimum atomic E-state index is -0.415. The predicted molar refractivity (Wildman–Crippen MR) is 93.8 cm³/mol. The molecule has 2 heterocycles. The Bertz CT molecular complexity index is 755. The Hall–Kier alpha value is -2.11. The third-order valence-electron chi connectivity index (χ3n) is 4.15. The highest BCUT2D eigenvalue weighted by molar-refractivity contribution is 6.31. The number of benzene rings is 1. The summed E-state index contributed by atoms with van der Waals surface area (Å²) in [7, 11) is 0. The number of hydrogen-bond donors (Lipinski definition) is 1. The Balaban J connectivity index is 1.74. The average molecular weight is 346 g/mol. The third-order valence-corrected chi connectivity index (χ3v) is 4.55. The quantitative estimate of drug-likeness (QED) is 0.866. The van der Waals surface area contributed by atoms with Crippen LogP contribution in [0.15, 0.2) is 36.4 Å². The number of nitrogens with zero attached hydrogens (tertiary/aromatic N) is 3. The van der Waals surface area contributed by atoms with E-state index in [1.165, 1.54) is 6.08 Å². The van der Waals surface area contributed by atoms with Crippen molar-refractivity contribution in [3.63, 3.8) is 0 Å². The van der Waals surface area contributed by atoms with Crippen LogP contribution < -0.4 is 0 Å². The molecule has 1 aromatic heterocycles. The van der Waals surface area contributed by atoms with Crippen LogP contribution in [0.1, 0.15) is 23.2 Å². The fraction of sp³-hybridized carbons (Fsp3) is 0.333. The molecule has 5 nitrogen and oxygen atoms in total. The number of aryl methyl sites for hydroxylation is 1. The van der Waals surface area contributed by atoms with Crippen molar-refractivity contribution in [1.82, 2.24) is 14.7 Å². The van der Waals surface area contributed by atoms with E-state index in [2.05, 4.69) is 5.10 Å². The van der Waals surface area contributed by atoms with Gasteiger partial charge in [0.25, 0.3) is 0 Å². The lowest BCUT2D eigenvalue weighted by Crippen LogP contribution is -2.27. The van der Waals surface area contributed by atoms with Crippen LogP contribution >= 0.6 is 11.6 Å². The lowest BCUT2D eigenvalue weighted by atomic mass is 10.2. The number of amides is 1. The van der Waals surface area contributed by atoms with E-state index in [0.29, 0.717) is 31.2 Å². The van der Waals surface area contributed by atoms with Crippen LogP contribution in [-0.2, 0) is 11.3 Å². The molecule has 3 rings (SSSR count). The van der Waals surface area contributed by atoms with E-state index in [1.807, 2.05) is 37.3 Å². The molecule has 1 aromatic carbocycles. The standard InChI is InChI=1S/C18H20ClN3O2/c1-13-16(7-8-17(24)21-10-9-15(23)12-21)18(19)22(20-13)11-14-5-3-2-4-6-14/h2-8,15,23H,9-12H2,1H3/t15-/m1/s1. The fourth-order valence-electron chi connectivity index (χ4n) is 2.82. The summed E-state index contributed by atoms with van der Waals surface area (Å²) in [5.41, 5.74) is 2.64. The number of likely N-dealkylation sites (tertiary alicyclic amines) is 1. The molecule has 1 atom stereocenters. The number of rotatable bonds is 4. The van der Waals surface area contributed by atoms with Gasteiger partial charge >= 0.3 is 0 Å². The first kappa shape index (κ1) is 16.7.